The van der Waals surface area contributed by atoms with Gasteiger partial charge in [-0.15, -0.1) is 0 Å². The molecule has 1 aliphatic rings. The second kappa shape index (κ2) is 8.96. The van der Waals surface area contributed by atoms with Crippen molar-refractivity contribution in [3.05, 3.63) is 0 Å². The molecule has 2 N–H and O–H groups in total. The summed E-state index contributed by atoms with van der Waals surface area (Å²) in [6.07, 6.45) is -0.0321. The fraction of sp³-hybridized carbons (Fsp3) is 0.870. The van der Waals surface area contributed by atoms with Crippen molar-refractivity contribution in [2.45, 2.75) is 111 Å². The number of nitrogens with zero attached hydrogens (tertiary/aromatic N) is 1. The van der Waals surface area contributed by atoms with Crippen molar-refractivity contribution in [1.29, 1.82) is 0 Å². The Morgan fingerprint density at radius 1 is 0.871 bits per heavy atom. The van der Waals surface area contributed by atoms with Crippen molar-refractivity contribution in [2.75, 3.05) is 6.54 Å². The topological polar surface area (TPSA) is 113 Å². The van der Waals surface area contributed by atoms with Crippen molar-refractivity contribution in [3.8, 4) is 0 Å². The molecule has 1 rings (SSSR count). The van der Waals surface area contributed by atoms with Crippen LogP contribution in [-0.4, -0.2) is 56.6 Å². The molecule has 0 saturated heterocycles. The van der Waals surface area contributed by atoms with Crippen LogP contribution in [0.5, 0.6) is 0 Å². The maximum atomic E-state index is 12.7. The molecule has 0 heterocycles. The Morgan fingerprint density at radius 3 is 1.68 bits per heavy atom. The van der Waals surface area contributed by atoms with Crippen molar-refractivity contribution < 1.29 is 34.1 Å². The standard InChI is InChI=1S/C23H41NO7/c1-19(2,3)23(29)14-10-12-22(23,16(25)26)13-11-15-24(17(27)30-20(4,5)6)18(28)31-21(7,8)9/h29H,10-15H2,1-9H3,(H,25,26)/t22-,23-/m1/s1. The van der Waals surface area contributed by atoms with Crippen LogP contribution in [0.2, 0.25) is 0 Å². The summed E-state index contributed by atoms with van der Waals surface area (Å²) in [6, 6.07) is 0. The minimum Gasteiger partial charge on any atom is -0.481 e. The molecular formula is C23H41NO7. The van der Waals surface area contributed by atoms with Gasteiger partial charge in [-0.1, -0.05) is 20.8 Å². The Bertz CT molecular complexity index is 656. The highest BCUT2D eigenvalue weighted by Gasteiger charge is 2.63. The van der Waals surface area contributed by atoms with E-state index < -0.39 is 45.8 Å². The van der Waals surface area contributed by atoms with Gasteiger partial charge in [-0.3, -0.25) is 4.79 Å². The summed E-state index contributed by atoms with van der Waals surface area (Å²) in [4.78, 5) is 38.5. The average molecular weight is 444 g/mol. The number of rotatable bonds is 5. The van der Waals surface area contributed by atoms with Gasteiger partial charge in [0.05, 0.1) is 11.0 Å². The zero-order valence-electron chi connectivity index (χ0n) is 20.6. The first kappa shape index (κ1) is 27.2. The first-order valence-corrected chi connectivity index (χ1v) is 11.0. The predicted molar refractivity (Wildman–Crippen MR) is 117 cm³/mol. The predicted octanol–water partition coefficient (Wildman–Crippen LogP) is 4.97. The molecule has 180 valence electrons. The molecule has 0 aromatic rings. The molecule has 1 aliphatic carbocycles. The van der Waals surface area contributed by atoms with Crippen LogP contribution in [-0.2, 0) is 14.3 Å². The summed E-state index contributed by atoms with van der Waals surface area (Å²) in [7, 11) is 0. The van der Waals surface area contributed by atoms with Gasteiger partial charge in [-0.05, 0) is 79.1 Å². The van der Waals surface area contributed by atoms with Gasteiger partial charge in [0.1, 0.15) is 11.2 Å². The molecule has 0 bridgehead atoms. The van der Waals surface area contributed by atoms with Gasteiger partial charge in [0, 0.05) is 6.54 Å². The number of carboxylic acids is 1. The molecule has 31 heavy (non-hydrogen) atoms. The zero-order chi connectivity index (χ0) is 24.5. The van der Waals surface area contributed by atoms with Crippen LogP contribution in [0.4, 0.5) is 9.59 Å². The molecule has 8 nitrogen and oxygen atoms in total. The Balaban J connectivity index is 3.09. The lowest BCUT2D eigenvalue weighted by Crippen LogP contribution is -2.57. The van der Waals surface area contributed by atoms with Gasteiger partial charge < -0.3 is 19.7 Å². The fourth-order valence-electron chi connectivity index (χ4n) is 4.34. The minimum absolute atomic E-state index is 0.0704. The van der Waals surface area contributed by atoms with Crippen LogP contribution in [0.3, 0.4) is 0 Å². The Hall–Kier alpha value is -1.83. The van der Waals surface area contributed by atoms with Gasteiger partial charge in [0.2, 0.25) is 0 Å². The number of carbonyl (C=O) groups excluding carboxylic acids is 2. The first-order chi connectivity index (χ1) is 13.8. The van der Waals surface area contributed by atoms with Crippen molar-refractivity contribution >= 4 is 18.2 Å². The Morgan fingerprint density at radius 2 is 1.32 bits per heavy atom. The second-order valence-electron chi connectivity index (χ2n) is 11.6. The molecule has 1 fully saturated rings. The van der Waals surface area contributed by atoms with E-state index in [1.54, 1.807) is 41.5 Å². The molecule has 8 heteroatoms. The lowest BCUT2D eigenvalue weighted by molar-refractivity contribution is -0.184. The quantitative estimate of drug-likeness (QED) is 0.616. The fourth-order valence-corrected chi connectivity index (χ4v) is 4.34. The van der Waals surface area contributed by atoms with Gasteiger partial charge in [0.15, 0.2) is 0 Å². The van der Waals surface area contributed by atoms with E-state index in [1.165, 1.54) is 0 Å². The molecule has 0 unspecified atom stereocenters. The van der Waals surface area contributed by atoms with Crippen LogP contribution in [0.1, 0.15) is 94.4 Å². The van der Waals surface area contributed by atoms with Gasteiger partial charge in [-0.2, -0.15) is 0 Å². The lowest BCUT2D eigenvalue weighted by atomic mass is 9.60. The molecule has 1 saturated carbocycles. The zero-order valence-corrected chi connectivity index (χ0v) is 20.6. The third kappa shape index (κ3) is 6.34. The number of hydrogen-bond acceptors (Lipinski definition) is 6. The molecule has 0 aromatic carbocycles. The van der Waals surface area contributed by atoms with E-state index in [9.17, 15) is 24.6 Å². The lowest BCUT2D eigenvalue weighted by Gasteiger charge is -2.48. The summed E-state index contributed by atoms with van der Waals surface area (Å²) < 4.78 is 10.7. The summed E-state index contributed by atoms with van der Waals surface area (Å²) in [6.45, 7) is 15.6. The van der Waals surface area contributed by atoms with Crippen molar-refractivity contribution in [2.24, 2.45) is 10.8 Å². The maximum absolute atomic E-state index is 12.7. The molecular weight excluding hydrogens is 402 g/mol. The Labute approximate surface area is 186 Å². The summed E-state index contributed by atoms with van der Waals surface area (Å²) in [5, 5.41) is 21.5. The normalized spacial score (nSPS) is 24.6. The van der Waals surface area contributed by atoms with Gasteiger partial charge >= 0.3 is 18.2 Å². The van der Waals surface area contributed by atoms with E-state index >= 15 is 0 Å². The van der Waals surface area contributed by atoms with E-state index in [1.807, 2.05) is 20.8 Å². The molecule has 0 radical (unpaired) electrons. The third-order valence-electron chi connectivity index (χ3n) is 5.80. The van der Waals surface area contributed by atoms with E-state index in [-0.39, 0.29) is 19.4 Å². The SMILES string of the molecule is CC(C)(C)OC(=O)N(CCC[C@@]1(C(=O)O)CCC[C@@]1(O)C(C)(C)C)C(=O)OC(C)(C)C. The molecule has 0 spiro atoms. The van der Waals surface area contributed by atoms with E-state index in [0.717, 1.165) is 4.90 Å². The molecule has 0 aromatic heterocycles. The van der Waals surface area contributed by atoms with Crippen molar-refractivity contribution in [3.63, 3.8) is 0 Å². The second-order valence-corrected chi connectivity index (χ2v) is 11.6. The highest BCUT2D eigenvalue weighted by molar-refractivity contribution is 5.88. The largest absolute Gasteiger partial charge is 0.481 e. The molecule has 2 amide bonds. The maximum Gasteiger partial charge on any atom is 0.419 e. The number of hydrogen-bond donors (Lipinski definition) is 2. The molecule has 0 aliphatic heterocycles. The third-order valence-corrected chi connectivity index (χ3v) is 5.80. The van der Waals surface area contributed by atoms with E-state index in [4.69, 9.17) is 9.47 Å². The van der Waals surface area contributed by atoms with Crippen LogP contribution in [0.15, 0.2) is 0 Å². The highest BCUT2D eigenvalue weighted by Crippen LogP contribution is 2.57. The monoisotopic (exact) mass is 443 g/mol. The summed E-state index contributed by atoms with van der Waals surface area (Å²) in [5.74, 6) is -1.05. The number of carbonyl (C=O) groups is 3. The van der Waals surface area contributed by atoms with E-state index in [2.05, 4.69) is 0 Å². The molecule has 2 atom stereocenters. The van der Waals surface area contributed by atoms with Crippen LogP contribution in [0, 0.1) is 10.8 Å². The van der Waals surface area contributed by atoms with Crippen LogP contribution < -0.4 is 0 Å². The first-order valence-electron chi connectivity index (χ1n) is 11.0. The number of amides is 2. The summed E-state index contributed by atoms with van der Waals surface area (Å²) >= 11 is 0. The number of aliphatic hydroxyl groups is 1. The number of imide groups is 1. The van der Waals surface area contributed by atoms with Crippen LogP contribution >= 0.6 is 0 Å². The number of carboxylic acid groups (broad SMARTS) is 1. The average Bonchev–Trinajstić information content (AvgIpc) is 2.86. The minimum atomic E-state index is -1.39. The smallest absolute Gasteiger partial charge is 0.419 e. The van der Waals surface area contributed by atoms with Crippen molar-refractivity contribution in [1.82, 2.24) is 4.90 Å². The van der Waals surface area contributed by atoms with Crippen LogP contribution in [0.25, 0.3) is 0 Å². The van der Waals surface area contributed by atoms with E-state index in [0.29, 0.717) is 19.3 Å². The van der Waals surface area contributed by atoms with Gasteiger partial charge in [-0.25, -0.2) is 14.5 Å². The Kier molecular flexibility index (Phi) is 7.86. The highest BCUT2D eigenvalue weighted by atomic mass is 16.6. The van der Waals surface area contributed by atoms with Gasteiger partial charge in [0.25, 0.3) is 0 Å². The number of aliphatic carboxylic acids is 1. The summed E-state index contributed by atoms with van der Waals surface area (Å²) in [5.41, 5.74) is -5.00. The number of ether oxygens (including phenoxy) is 2.